The molecule has 0 radical (unpaired) electrons. The lowest BCUT2D eigenvalue weighted by Gasteiger charge is -2.10. The summed E-state index contributed by atoms with van der Waals surface area (Å²) in [6, 6.07) is 3.48. The van der Waals surface area contributed by atoms with E-state index in [1.807, 2.05) is 6.92 Å². The second-order valence-electron chi connectivity index (χ2n) is 2.75. The smallest absolute Gasteiger partial charge is 0.0776 e. The Morgan fingerprint density at radius 3 is 2.42 bits per heavy atom. The van der Waals surface area contributed by atoms with E-state index >= 15 is 0 Å². The summed E-state index contributed by atoms with van der Waals surface area (Å²) >= 11 is 11.8. The number of rotatable bonds is 1. The summed E-state index contributed by atoms with van der Waals surface area (Å²) in [6.45, 7) is 3.51. The second-order valence-corrected chi connectivity index (χ2v) is 3.54. The van der Waals surface area contributed by atoms with Gasteiger partial charge in [-0.05, 0) is 31.0 Å². The standard InChI is InChI=1S/C9H10Cl2O/c1-5-8(10)4-3-7(6(2)12)9(5)11/h3-4,6,12H,1-2H3. The molecule has 1 aromatic rings. The maximum Gasteiger partial charge on any atom is 0.0776 e. The van der Waals surface area contributed by atoms with Gasteiger partial charge in [-0.15, -0.1) is 0 Å². The van der Waals surface area contributed by atoms with Crippen LogP contribution >= 0.6 is 23.2 Å². The van der Waals surface area contributed by atoms with Crippen molar-refractivity contribution in [1.29, 1.82) is 0 Å². The molecule has 0 amide bonds. The van der Waals surface area contributed by atoms with Gasteiger partial charge in [0.05, 0.1) is 11.1 Å². The molecule has 0 spiro atoms. The van der Waals surface area contributed by atoms with Gasteiger partial charge in [-0.25, -0.2) is 0 Å². The first-order valence-corrected chi connectivity index (χ1v) is 4.42. The highest BCUT2D eigenvalue weighted by Gasteiger charge is 2.09. The molecule has 0 aromatic heterocycles. The zero-order valence-corrected chi connectivity index (χ0v) is 8.45. The van der Waals surface area contributed by atoms with Crippen LogP contribution in [0.5, 0.6) is 0 Å². The van der Waals surface area contributed by atoms with E-state index in [1.54, 1.807) is 19.1 Å². The van der Waals surface area contributed by atoms with E-state index in [4.69, 9.17) is 23.2 Å². The van der Waals surface area contributed by atoms with E-state index in [1.165, 1.54) is 0 Å². The summed E-state index contributed by atoms with van der Waals surface area (Å²) in [6.07, 6.45) is -0.548. The lowest BCUT2D eigenvalue weighted by Crippen LogP contribution is -1.94. The Balaban J connectivity index is 3.27. The van der Waals surface area contributed by atoms with Gasteiger partial charge in [0.15, 0.2) is 0 Å². The summed E-state index contributed by atoms with van der Waals surface area (Å²) in [7, 11) is 0. The Morgan fingerprint density at radius 2 is 1.92 bits per heavy atom. The molecule has 66 valence electrons. The first kappa shape index (κ1) is 9.85. The fourth-order valence-electron chi connectivity index (χ4n) is 1.01. The second kappa shape index (κ2) is 3.65. The Labute approximate surface area is 81.9 Å². The summed E-state index contributed by atoms with van der Waals surface area (Å²) in [5.41, 5.74) is 1.54. The third-order valence-corrected chi connectivity index (χ3v) is 2.71. The molecule has 0 heterocycles. The van der Waals surface area contributed by atoms with E-state index in [0.29, 0.717) is 10.0 Å². The average molecular weight is 205 g/mol. The zero-order valence-electron chi connectivity index (χ0n) is 6.94. The van der Waals surface area contributed by atoms with Crippen molar-refractivity contribution >= 4 is 23.2 Å². The first-order chi connectivity index (χ1) is 5.54. The number of aliphatic hydroxyl groups excluding tert-OH is 1. The summed E-state index contributed by atoms with van der Waals surface area (Å²) in [4.78, 5) is 0. The maximum atomic E-state index is 9.29. The average Bonchev–Trinajstić information content (AvgIpc) is 2.00. The third-order valence-electron chi connectivity index (χ3n) is 1.80. The predicted molar refractivity (Wildman–Crippen MR) is 51.8 cm³/mol. The summed E-state index contributed by atoms with van der Waals surface area (Å²) in [5, 5.41) is 10.5. The van der Waals surface area contributed by atoms with Gasteiger partial charge in [-0.3, -0.25) is 0 Å². The minimum Gasteiger partial charge on any atom is -0.389 e. The molecular weight excluding hydrogens is 195 g/mol. The Morgan fingerprint density at radius 1 is 1.33 bits per heavy atom. The third kappa shape index (κ3) is 1.74. The van der Waals surface area contributed by atoms with Crippen LogP contribution in [0.15, 0.2) is 12.1 Å². The normalized spacial score (nSPS) is 13.1. The van der Waals surface area contributed by atoms with E-state index in [0.717, 1.165) is 11.1 Å². The van der Waals surface area contributed by atoms with Gasteiger partial charge < -0.3 is 5.11 Å². The molecule has 1 rings (SSSR count). The topological polar surface area (TPSA) is 20.2 Å². The van der Waals surface area contributed by atoms with Gasteiger partial charge in [0.25, 0.3) is 0 Å². The van der Waals surface area contributed by atoms with Crippen LogP contribution in [0, 0.1) is 6.92 Å². The van der Waals surface area contributed by atoms with E-state index in [2.05, 4.69) is 0 Å². The van der Waals surface area contributed by atoms with Crippen LogP contribution in [0.4, 0.5) is 0 Å². The molecule has 0 aliphatic rings. The van der Waals surface area contributed by atoms with Crippen LogP contribution in [-0.4, -0.2) is 5.11 Å². The van der Waals surface area contributed by atoms with Crippen molar-refractivity contribution in [3.05, 3.63) is 33.3 Å². The van der Waals surface area contributed by atoms with Crippen LogP contribution in [-0.2, 0) is 0 Å². The summed E-state index contributed by atoms with van der Waals surface area (Å²) in [5.74, 6) is 0. The van der Waals surface area contributed by atoms with E-state index < -0.39 is 6.10 Å². The molecule has 0 aliphatic carbocycles. The highest BCUT2D eigenvalue weighted by Crippen LogP contribution is 2.30. The van der Waals surface area contributed by atoms with Gasteiger partial charge in [0.2, 0.25) is 0 Å². The molecule has 0 saturated carbocycles. The summed E-state index contributed by atoms with van der Waals surface area (Å²) < 4.78 is 0. The quantitative estimate of drug-likeness (QED) is 0.745. The van der Waals surface area contributed by atoms with Gasteiger partial charge in [-0.1, -0.05) is 29.3 Å². The Bertz CT molecular complexity index is 295. The number of halogens is 2. The molecule has 3 heteroatoms. The van der Waals surface area contributed by atoms with Crippen molar-refractivity contribution in [2.45, 2.75) is 20.0 Å². The van der Waals surface area contributed by atoms with Gasteiger partial charge in [-0.2, -0.15) is 0 Å². The molecule has 1 N–H and O–H groups in total. The molecule has 0 fully saturated rings. The number of hydrogen-bond donors (Lipinski definition) is 1. The first-order valence-electron chi connectivity index (χ1n) is 3.66. The van der Waals surface area contributed by atoms with Gasteiger partial charge in [0.1, 0.15) is 0 Å². The predicted octanol–water partition coefficient (Wildman–Crippen LogP) is 3.36. The van der Waals surface area contributed by atoms with E-state index in [9.17, 15) is 5.11 Å². The number of hydrogen-bond acceptors (Lipinski definition) is 1. The van der Waals surface area contributed by atoms with Gasteiger partial charge in [0, 0.05) is 5.02 Å². The fraction of sp³-hybridized carbons (Fsp3) is 0.333. The number of benzene rings is 1. The molecule has 1 aromatic carbocycles. The van der Waals surface area contributed by atoms with Crippen molar-refractivity contribution < 1.29 is 5.11 Å². The van der Waals surface area contributed by atoms with Gasteiger partial charge >= 0.3 is 0 Å². The van der Waals surface area contributed by atoms with Crippen LogP contribution in [0.2, 0.25) is 10.0 Å². The Hall–Kier alpha value is -0.240. The van der Waals surface area contributed by atoms with Crippen molar-refractivity contribution in [1.82, 2.24) is 0 Å². The van der Waals surface area contributed by atoms with Crippen molar-refractivity contribution in [2.24, 2.45) is 0 Å². The highest BCUT2D eigenvalue weighted by molar-refractivity contribution is 6.36. The lowest BCUT2D eigenvalue weighted by molar-refractivity contribution is 0.199. The van der Waals surface area contributed by atoms with Crippen LogP contribution < -0.4 is 0 Å². The minimum atomic E-state index is -0.548. The van der Waals surface area contributed by atoms with Crippen LogP contribution in [0.1, 0.15) is 24.2 Å². The van der Waals surface area contributed by atoms with E-state index in [-0.39, 0.29) is 0 Å². The largest absolute Gasteiger partial charge is 0.389 e. The van der Waals surface area contributed by atoms with Crippen LogP contribution in [0.25, 0.3) is 0 Å². The molecule has 1 atom stereocenters. The number of aliphatic hydroxyl groups is 1. The molecule has 0 aliphatic heterocycles. The molecule has 12 heavy (non-hydrogen) atoms. The monoisotopic (exact) mass is 204 g/mol. The maximum absolute atomic E-state index is 9.29. The molecular formula is C9H10Cl2O. The van der Waals surface area contributed by atoms with Crippen molar-refractivity contribution in [3.63, 3.8) is 0 Å². The molecule has 1 unspecified atom stereocenters. The molecule has 0 bridgehead atoms. The van der Waals surface area contributed by atoms with Crippen molar-refractivity contribution in [2.75, 3.05) is 0 Å². The SMILES string of the molecule is Cc1c(Cl)ccc(C(C)O)c1Cl. The minimum absolute atomic E-state index is 0.548. The molecule has 1 nitrogen and oxygen atoms in total. The fourth-order valence-corrected chi connectivity index (χ4v) is 1.53. The molecule has 0 saturated heterocycles. The van der Waals surface area contributed by atoms with Crippen molar-refractivity contribution in [3.8, 4) is 0 Å². The van der Waals surface area contributed by atoms with Crippen LogP contribution in [0.3, 0.4) is 0 Å². The Kier molecular flexibility index (Phi) is 2.99. The lowest BCUT2D eigenvalue weighted by atomic mass is 10.1. The zero-order chi connectivity index (χ0) is 9.30. The highest BCUT2D eigenvalue weighted by atomic mass is 35.5.